The molecule has 4 nitrogen and oxygen atoms in total. The Morgan fingerprint density at radius 1 is 0.913 bits per heavy atom. The van der Waals surface area contributed by atoms with Crippen LogP contribution in [0.1, 0.15) is 0 Å². The molecule has 1 heterocycles. The van der Waals surface area contributed by atoms with Crippen LogP contribution >= 0.6 is 7.67 Å². The lowest BCUT2D eigenvalue weighted by Crippen LogP contribution is -2.31. The lowest BCUT2D eigenvalue weighted by molar-refractivity contribution is -0.0633. The lowest BCUT2D eigenvalue weighted by atomic mass is 10.3. The molecule has 0 bridgehead atoms. The average molecular weight is 360 g/mol. The zero-order valence-electron chi connectivity index (χ0n) is 11.3. The molecule has 12 heteroatoms. The standard InChI is InChI=1S/C11H8F7N4P/c1-22(7-5-3-2-4-6-7)23(18)20-8(10(12,13)14)19-9(21-23)11(15,16)17/h2-6H,1H3. The molecule has 2 rings (SSSR count). The van der Waals surface area contributed by atoms with Crippen molar-refractivity contribution in [1.29, 1.82) is 0 Å². The normalized spacial score (nSPS) is 22.1. The number of nitrogens with zero attached hydrogens (tertiary/aromatic N) is 4. The Morgan fingerprint density at radius 2 is 1.43 bits per heavy atom. The smallest absolute Gasteiger partial charge is 0.299 e. The number of amidine groups is 2. The molecule has 0 aliphatic carbocycles. The molecular weight excluding hydrogens is 352 g/mol. The third-order valence-electron chi connectivity index (χ3n) is 2.67. The van der Waals surface area contributed by atoms with Crippen molar-refractivity contribution in [1.82, 2.24) is 0 Å². The van der Waals surface area contributed by atoms with E-state index < -0.39 is 31.7 Å². The summed E-state index contributed by atoms with van der Waals surface area (Å²) in [5.41, 5.74) is 0.0285. The highest BCUT2D eigenvalue weighted by Crippen LogP contribution is 2.60. The Labute approximate surface area is 125 Å². The van der Waals surface area contributed by atoms with Gasteiger partial charge < -0.3 is 0 Å². The van der Waals surface area contributed by atoms with Gasteiger partial charge in [0, 0.05) is 12.7 Å². The molecule has 0 radical (unpaired) electrons. The fourth-order valence-corrected chi connectivity index (χ4v) is 3.11. The van der Waals surface area contributed by atoms with Crippen molar-refractivity contribution >= 4 is 25.0 Å². The van der Waals surface area contributed by atoms with Gasteiger partial charge in [-0.2, -0.15) is 40.0 Å². The van der Waals surface area contributed by atoms with Crippen molar-refractivity contribution in [3.05, 3.63) is 30.3 Å². The topological polar surface area (TPSA) is 40.3 Å². The molecule has 0 fully saturated rings. The third-order valence-corrected chi connectivity index (χ3v) is 4.56. The Morgan fingerprint density at radius 3 is 1.91 bits per heavy atom. The Kier molecular flexibility index (Phi) is 4.27. The molecule has 126 valence electrons. The molecule has 1 unspecified atom stereocenters. The highest BCUT2D eigenvalue weighted by Gasteiger charge is 2.47. The number of hydrogen-bond acceptors (Lipinski definition) is 4. The summed E-state index contributed by atoms with van der Waals surface area (Å²) in [5, 5.41) is 0. The second-order valence-corrected chi connectivity index (χ2v) is 6.30. The third kappa shape index (κ3) is 3.72. The highest BCUT2D eigenvalue weighted by molar-refractivity contribution is 7.62. The number of halogens is 7. The van der Waals surface area contributed by atoms with E-state index in [9.17, 15) is 30.5 Å². The first-order valence-corrected chi connectivity index (χ1v) is 7.42. The van der Waals surface area contributed by atoms with Crippen LogP contribution in [-0.2, 0) is 0 Å². The van der Waals surface area contributed by atoms with Crippen molar-refractivity contribution in [2.45, 2.75) is 12.4 Å². The van der Waals surface area contributed by atoms with E-state index >= 15 is 0 Å². The second-order valence-electron chi connectivity index (χ2n) is 4.31. The molecule has 0 saturated carbocycles. The van der Waals surface area contributed by atoms with E-state index in [1.807, 2.05) is 0 Å². The highest BCUT2D eigenvalue weighted by atomic mass is 31.2. The van der Waals surface area contributed by atoms with Crippen molar-refractivity contribution in [2.75, 3.05) is 11.7 Å². The number of para-hydroxylation sites is 1. The Bertz CT molecular complexity index is 691. The van der Waals surface area contributed by atoms with Gasteiger partial charge in [-0.15, -0.1) is 0 Å². The van der Waals surface area contributed by atoms with E-state index in [1.165, 1.54) is 24.3 Å². The molecular formula is C11H8F7N4P. The number of benzene rings is 1. The van der Waals surface area contributed by atoms with Crippen LogP contribution in [0.2, 0.25) is 0 Å². The first kappa shape index (κ1) is 17.5. The number of hydrogen-bond donors (Lipinski definition) is 0. The van der Waals surface area contributed by atoms with Gasteiger partial charge in [0.1, 0.15) is 0 Å². The molecule has 1 aliphatic heterocycles. The minimum Gasteiger partial charge on any atom is -0.299 e. The maximum atomic E-state index is 14.8. The van der Waals surface area contributed by atoms with Gasteiger partial charge in [0.25, 0.3) is 0 Å². The predicted molar refractivity (Wildman–Crippen MR) is 72.3 cm³/mol. The van der Waals surface area contributed by atoms with E-state index in [1.54, 1.807) is 6.07 Å². The number of rotatable bonds is 2. The summed E-state index contributed by atoms with van der Waals surface area (Å²) in [4.78, 5) is 2.31. The van der Waals surface area contributed by atoms with Gasteiger partial charge in [-0.3, -0.25) is 4.67 Å². The van der Waals surface area contributed by atoms with E-state index in [-0.39, 0.29) is 5.69 Å². The SMILES string of the molecule is CN(c1ccccc1)P1(F)=NC(C(F)(F)F)=NC(C(F)(F)F)=N1. The summed E-state index contributed by atoms with van der Waals surface area (Å²) in [7, 11) is -4.03. The molecule has 1 aromatic carbocycles. The van der Waals surface area contributed by atoms with E-state index in [4.69, 9.17) is 0 Å². The maximum Gasteiger partial charge on any atom is 0.451 e. The van der Waals surface area contributed by atoms with Crippen LogP contribution in [0.4, 0.5) is 36.2 Å². The van der Waals surface area contributed by atoms with Gasteiger partial charge in [-0.1, -0.05) is 18.2 Å². The van der Waals surface area contributed by atoms with E-state index in [0.717, 1.165) is 7.05 Å². The lowest BCUT2D eigenvalue weighted by Gasteiger charge is -2.27. The van der Waals surface area contributed by atoms with Gasteiger partial charge in [-0.25, -0.2) is 4.99 Å². The molecule has 0 amide bonds. The van der Waals surface area contributed by atoms with Gasteiger partial charge in [0.15, 0.2) is 0 Å². The second kappa shape index (κ2) is 5.63. The van der Waals surface area contributed by atoms with Crippen molar-refractivity contribution in [2.24, 2.45) is 14.5 Å². The minimum absolute atomic E-state index is 0.0285. The predicted octanol–water partition coefficient (Wildman–Crippen LogP) is 4.97. The van der Waals surface area contributed by atoms with Crippen LogP contribution in [0.5, 0.6) is 0 Å². The molecule has 1 atom stereocenters. The first-order valence-electron chi connectivity index (χ1n) is 5.88. The van der Waals surface area contributed by atoms with Crippen LogP contribution in [0.3, 0.4) is 0 Å². The molecule has 1 aromatic rings. The van der Waals surface area contributed by atoms with Crippen molar-refractivity contribution in [3.63, 3.8) is 0 Å². The monoisotopic (exact) mass is 360 g/mol. The van der Waals surface area contributed by atoms with Crippen LogP contribution < -0.4 is 4.67 Å². The van der Waals surface area contributed by atoms with Crippen molar-refractivity contribution in [3.8, 4) is 0 Å². The molecule has 0 spiro atoms. The van der Waals surface area contributed by atoms with Gasteiger partial charge in [-0.05, 0) is 12.1 Å². The average Bonchev–Trinajstić information content (AvgIpc) is 2.45. The zero-order chi connectivity index (χ0) is 17.5. The fourth-order valence-electron chi connectivity index (χ4n) is 1.57. The molecule has 1 aliphatic rings. The number of aliphatic imine (C=N–C) groups is 1. The van der Waals surface area contributed by atoms with Crippen LogP contribution in [0, 0.1) is 0 Å². The Balaban J connectivity index is 2.61. The summed E-state index contributed by atoms with van der Waals surface area (Å²) in [6.07, 6.45) is -10.7. The minimum atomic E-state index is -5.33. The van der Waals surface area contributed by atoms with E-state index in [2.05, 4.69) is 14.5 Å². The number of alkyl halides is 6. The zero-order valence-corrected chi connectivity index (χ0v) is 12.2. The van der Waals surface area contributed by atoms with Gasteiger partial charge in [0.2, 0.25) is 11.7 Å². The van der Waals surface area contributed by atoms with Crippen LogP contribution in [0.25, 0.3) is 0 Å². The summed E-state index contributed by atoms with van der Waals surface area (Å²) in [6.45, 7) is 0. The van der Waals surface area contributed by atoms with E-state index in [0.29, 0.717) is 4.67 Å². The van der Waals surface area contributed by atoms with Crippen molar-refractivity contribution < 1.29 is 30.5 Å². The first-order chi connectivity index (χ1) is 10.4. The molecule has 0 saturated heterocycles. The summed E-state index contributed by atoms with van der Waals surface area (Å²) in [5.74, 6) is -4.39. The fraction of sp³-hybridized carbons (Fsp3) is 0.273. The Hall–Kier alpha value is -1.90. The summed E-state index contributed by atoms with van der Waals surface area (Å²) >= 11 is 0. The molecule has 0 aromatic heterocycles. The summed E-state index contributed by atoms with van der Waals surface area (Å²) < 4.78 is 97.0. The van der Waals surface area contributed by atoms with Crippen LogP contribution in [0.15, 0.2) is 44.8 Å². The quantitative estimate of drug-likeness (QED) is 0.542. The number of anilines is 1. The molecule has 23 heavy (non-hydrogen) atoms. The van der Waals surface area contributed by atoms with Gasteiger partial charge >= 0.3 is 20.0 Å². The van der Waals surface area contributed by atoms with Crippen LogP contribution in [-0.4, -0.2) is 31.1 Å². The maximum absolute atomic E-state index is 14.8. The largest absolute Gasteiger partial charge is 0.451 e. The van der Waals surface area contributed by atoms with Gasteiger partial charge in [0.05, 0.1) is 0 Å². The summed E-state index contributed by atoms with van der Waals surface area (Å²) in [6, 6.07) is 7.03. The molecule has 0 N–H and O–H groups in total.